The quantitative estimate of drug-likeness (QED) is 0.523. The van der Waals surface area contributed by atoms with E-state index in [2.05, 4.69) is 11.0 Å². The maximum absolute atomic E-state index is 14.4. The summed E-state index contributed by atoms with van der Waals surface area (Å²) in [5, 5.41) is 0. The van der Waals surface area contributed by atoms with Gasteiger partial charge < -0.3 is 29.7 Å². The van der Waals surface area contributed by atoms with E-state index in [4.69, 9.17) is 19.9 Å². The normalized spacial score (nSPS) is 27.7. The largest absolute Gasteiger partial charge is 0.383 e. The Hall–Kier alpha value is -2.33. The molecule has 208 valence electrons. The minimum Gasteiger partial charge on any atom is -0.383 e. The molecule has 4 aliphatic rings. The van der Waals surface area contributed by atoms with Crippen LogP contribution in [0, 0.1) is 5.92 Å². The molecule has 9 nitrogen and oxygen atoms in total. The molecule has 38 heavy (non-hydrogen) atoms. The second kappa shape index (κ2) is 11.8. The summed E-state index contributed by atoms with van der Waals surface area (Å²) in [4.78, 5) is 43.9. The molecule has 4 atom stereocenters. The number of piperidine rings is 1. The van der Waals surface area contributed by atoms with Crippen molar-refractivity contribution in [1.82, 2.24) is 9.80 Å². The van der Waals surface area contributed by atoms with Gasteiger partial charge in [-0.25, -0.2) is 0 Å². The average molecular weight is 528 g/mol. The predicted molar refractivity (Wildman–Crippen MR) is 141 cm³/mol. The van der Waals surface area contributed by atoms with E-state index in [0.717, 1.165) is 75.9 Å². The lowest BCUT2D eigenvalue weighted by Gasteiger charge is -2.34. The molecule has 0 aromatic heterocycles. The van der Waals surface area contributed by atoms with Crippen LogP contribution in [-0.2, 0) is 23.8 Å². The highest BCUT2D eigenvalue weighted by Gasteiger charge is 2.54. The molecule has 5 rings (SSSR count). The Kier molecular flexibility index (Phi) is 8.47. The molecule has 2 amide bonds. The summed E-state index contributed by atoms with van der Waals surface area (Å²) >= 11 is 0. The third-order valence-electron chi connectivity index (χ3n) is 9.21. The second-order valence-corrected chi connectivity index (χ2v) is 11.3. The van der Waals surface area contributed by atoms with Crippen molar-refractivity contribution in [3.63, 3.8) is 0 Å². The van der Waals surface area contributed by atoms with Gasteiger partial charge >= 0.3 is 0 Å². The Morgan fingerprint density at radius 1 is 1.13 bits per heavy atom. The second-order valence-electron chi connectivity index (χ2n) is 11.3. The number of methoxy groups -OCH3 is 2. The van der Waals surface area contributed by atoms with Crippen LogP contribution in [0.2, 0.25) is 0 Å². The van der Waals surface area contributed by atoms with Gasteiger partial charge in [-0.05, 0) is 67.8 Å². The van der Waals surface area contributed by atoms with Gasteiger partial charge in [0.1, 0.15) is 24.9 Å². The number of ether oxygens (including phenoxy) is 3. The first-order chi connectivity index (χ1) is 18.4. The fourth-order valence-electron chi connectivity index (χ4n) is 7.13. The number of carbonyl (C=O) groups is 3. The maximum atomic E-state index is 14.4. The first-order valence-electron chi connectivity index (χ1n) is 14.1. The molecule has 0 unspecified atom stereocenters. The highest BCUT2D eigenvalue weighted by atomic mass is 16.5. The van der Waals surface area contributed by atoms with Crippen molar-refractivity contribution in [1.29, 1.82) is 0 Å². The van der Waals surface area contributed by atoms with E-state index in [0.29, 0.717) is 18.0 Å². The predicted octanol–water partition coefficient (Wildman–Crippen LogP) is 2.08. The smallest absolute Gasteiger partial charge is 0.249 e. The first kappa shape index (κ1) is 27.2. The van der Waals surface area contributed by atoms with Crippen molar-refractivity contribution < 1.29 is 28.6 Å². The zero-order valence-electron chi connectivity index (χ0n) is 22.6. The van der Waals surface area contributed by atoms with Gasteiger partial charge in [0.25, 0.3) is 0 Å². The number of carbonyl (C=O) groups excluding carboxylic acids is 3. The fraction of sp³-hybridized carbons (Fsp3) is 0.690. The highest BCUT2D eigenvalue weighted by Crippen LogP contribution is 2.43. The third kappa shape index (κ3) is 5.26. The maximum Gasteiger partial charge on any atom is 0.249 e. The molecule has 9 heteroatoms. The van der Waals surface area contributed by atoms with Crippen LogP contribution in [0.5, 0.6) is 0 Å². The van der Waals surface area contributed by atoms with Gasteiger partial charge in [-0.2, -0.15) is 0 Å². The van der Waals surface area contributed by atoms with Gasteiger partial charge in [0.15, 0.2) is 5.78 Å². The van der Waals surface area contributed by atoms with Crippen LogP contribution < -0.4 is 5.73 Å². The summed E-state index contributed by atoms with van der Waals surface area (Å²) in [5.41, 5.74) is 8.15. The summed E-state index contributed by atoms with van der Waals surface area (Å²) in [7, 11) is 3.32. The first-order valence-corrected chi connectivity index (χ1v) is 14.1. The number of fused-ring (bicyclic) bond motifs is 1. The molecule has 3 aliphatic heterocycles. The van der Waals surface area contributed by atoms with Crippen molar-refractivity contribution in [2.45, 2.75) is 68.6 Å². The van der Waals surface area contributed by atoms with Crippen molar-refractivity contribution in [3.8, 4) is 0 Å². The van der Waals surface area contributed by atoms with Crippen molar-refractivity contribution in [2.24, 2.45) is 11.7 Å². The summed E-state index contributed by atoms with van der Waals surface area (Å²) in [6.45, 7) is 3.94. The van der Waals surface area contributed by atoms with Crippen LogP contribution in [-0.4, -0.2) is 99.3 Å². The van der Waals surface area contributed by atoms with E-state index in [1.807, 2.05) is 12.1 Å². The topological polar surface area (TPSA) is 111 Å². The number of nitrogens with two attached hydrogens (primary N) is 1. The molecule has 3 heterocycles. The number of primary amides is 1. The van der Waals surface area contributed by atoms with Crippen molar-refractivity contribution in [2.75, 3.05) is 53.6 Å². The van der Waals surface area contributed by atoms with Crippen LogP contribution in [0.15, 0.2) is 18.2 Å². The SMILES string of the molecule is COCCN1CCC(c2ccc(C(N)=O)c([C@@H](C(=O)N3C[C@H](OC)[C@H]4OCC(=O)[C@H]43)C3CCCC3)c2)CC1. The third-order valence-corrected chi connectivity index (χ3v) is 9.21. The number of rotatable bonds is 9. The molecule has 3 saturated heterocycles. The Balaban J connectivity index is 1.46. The zero-order chi connectivity index (χ0) is 26.8. The number of Topliss-reactive ketones (excluding diaryl/α,β-unsaturated/α-hetero) is 1. The molecule has 2 N–H and O–H groups in total. The van der Waals surface area contributed by atoms with Gasteiger partial charge in [0, 0.05) is 26.3 Å². The van der Waals surface area contributed by atoms with Crippen LogP contribution >= 0.6 is 0 Å². The van der Waals surface area contributed by atoms with Crippen molar-refractivity contribution in [3.05, 3.63) is 34.9 Å². The molecule has 1 aliphatic carbocycles. The number of hydrogen-bond acceptors (Lipinski definition) is 7. The van der Waals surface area contributed by atoms with E-state index in [9.17, 15) is 14.4 Å². The molecule has 4 fully saturated rings. The minimum absolute atomic E-state index is 0.00182. The molecule has 1 aromatic carbocycles. The Morgan fingerprint density at radius 2 is 1.87 bits per heavy atom. The average Bonchev–Trinajstić information content (AvgIpc) is 3.67. The van der Waals surface area contributed by atoms with Crippen LogP contribution in [0.3, 0.4) is 0 Å². The van der Waals surface area contributed by atoms with E-state index in [1.54, 1.807) is 19.1 Å². The van der Waals surface area contributed by atoms with Gasteiger partial charge in [-0.1, -0.05) is 25.0 Å². The van der Waals surface area contributed by atoms with Crippen LogP contribution in [0.1, 0.15) is 71.8 Å². The molecule has 0 bridgehead atoms. The molecule has 0 spiro atoms. The lowest BCUT2D eigenvalue weighted by atomic mass is 9.78. The fourth-order valence-corrected chi connectivity index (χ4v) is 7.13. The standard InChI is InChI=1S/C29H41N3O6/c1-36-14-13-31-11-9-18(10-12-31)20-7-8-21(28(30)34)22(15-20)25(19-5-3-4-6-19)29(35)32-16-24(37-2)27-26(32)23(33)17-38-27/h7-8,15,18-19,24-27H,3-6,9-14,16-17H2,1-2H3,(H2,30,34)/t24-,25-,26+,27+/m0/s1. The number of nitrogens with zero attached hydrogens (tertiary/aromatic N) is 2. The number of ketones is 1. The number of likely N-dealkylation sites (tertiary alicyclic amines) is 2. The number of benzene rings is 1. The molecular weight excluding hydrogens is 486 g/mol. The van der Waals surface area contributed by atoms with Gasteiger partial charge in [0.2, 0.25) is 11.8 Å². The van der Waals surface area contributed by atoms with Gasteiger partial charge in [-0.3, -0.25) is 14.4 Å². The molecule has 0 radical (unpaired) electrons. The van der Waals surface area contributed by atoms with Crippen molar-refractivity contribution >= 4 is 17.6 Å². The monoisotopic (exact) mass is 527 g/mol. The highest BCUT2D eigenvalue weighted by molar-refractivity contribution is 5.99. The summed E-state index contributed by atoms with van der Waals surface area (Å²) < 4.78 is 16.6. The summed E-state index contributed by atoms with van der Waals surface area (Å²) in [5.74, 6) is -0.786. The van der Waals surface area contributed by atoms with E-state index in [1.165, 1.54) is 0 Å². The van der Waals surface area contributed by atoms with Gasteiger partial charge in [0.05, 0.1) is 19.1 Å². The Morgan fingerprint density at radius 3 is 2.53 bits per heavy atom. The summed E-state index contributed by atoms with van der Waals surface area (Å²) in [6.07, 6.45) is 5.17. The van der Waals surface area contributed by atoms with E-state index >= 15 is 0 Å². The van der Waals surface area contributed by atoms with Crippen LogP contribution in [0.25, 0.3) is 0 Å². The van der Waals surface area contributed by atoms with E-state index < -0.39 is 24.0 Å². The number of amides is 2. The summed E-state index contributed by atoms with van der Waals surface area (Å²) in [6, 6.07) is 5.27. The lowest BCUT2D eigenvalue weighted by molar-refractivity contribution is -0.139. The minimum atomic E-state index is -0.631. The Bertz CT molecular complexity index is 1030. The zero-order valence-corrected chi connectivity index (χ0v) is 22.6. The Labute approximate surface area is 224 Å². The van der Waals surface area contributed by atoms with Crippen LogP contribution in [0.4, 0.5) is 0 Å². The van der Waals surface area contributed by atoms with Gasteiger partial charge in [-0.15, -0.1) is 0 Å². The molecular formula is C29H41N3O6. The molecule has 1 saturated carbocycles. The molecule has 1 aromatic rings. The lowest BCUT2D eigenvalue weighted by Crippen LogP contribution is -2.45. The number of hydrogen-bond donors (Lipinski definition) is 1. The van der Waals surface area contributed by atoms with E-state index in [-0.39, 0.29) is 30.3 Å².